The number of hydrogen-bond acceptors (Lipinski definition) is 1. The summed E-state index contributed by atoms with van der Waals surface area (Å²) in [7, 11) is 0. The first kappa shape index (κ1) is 18.6. The summed E-state index contributed by atoms with van der Waals surface area (Å²) in [5.41, 5.74) is 1.34. The molecule has 4 rings (SSSR count). The van der Waals surface area contributed by atoms with E-state index in [0.29, 0.717) is 22.5 Å². The first-order valence-electron chi connectivity index (χ1n) is 8.44. The van der Waals surface area contributed by atoms with E-state index < -0.39 is 17.6 Å². The minimum Gasteiger partial charge on any atom is -0.358 e. The highest BCUT2D eigenvalue weighted by atomic mass is 79.9. The molecule has 142 valence electrons. The average Bonchev–Trinajstić information content (AvgIpc) is 3.13. The maximum absolute atomic E-state index is 14.0. The van der Waals surface area contributed by atoms with Gasteiger partial charge >= 0.3 is 6.18 Å². The van der Waals surface area contributed by atoms with E-state index >= 15 is 0 Å². The van der Waals surface area contributed by atoms with E-state index in [1.807, 2.05) is 0 Å². The van der Waals surface area contributed by atoms with Gasteiger partial charge in [-0.25, -0.2) is 0 Å². The number of amides is 1. The number of anilines is 1. The minimum atomic E-state index is -4.59. The molecule has 2 heterocycles. The molecule has 7 heteroatoms. The van der Waals surface area contributed by atoms with Crippen LogP contribution in [-0.4, -0.2) is 10.9 Å². The van der Waals surface area contributed by atoms with Crippen LogP contribution >= 0.6 is 15.9 Å². The van der Waals surface area contributed by atoms with E-state index in [4.69, 9.17) is 0 Å². The van der Waals surface area contributed by atoms with Gasteiger partial charge in [-0.15, -0.1) is 0 Å². The van der Waals surface area contributed by atoms with Crippen LogP contribution in [0.5, 0.6) is 0 Å². The van der Waals surface area contributed by atoms with Crippen LogP contribution in [0.25, 0.3) is 22.8 Å². The van der Waals surface area contributed by atoms with Crippen LogP contribution in [-0.2, 0) is 11.0 Å². The Bertz CT molecular complexity index is 1110. The third-order valence-corrected chi connectivity index (χ3v) is 5.11. The highest BCUT2D eigenvalue weighted by molar-refractivity contribution is 9.10. The Morgan fingerprint density at radius 3 is 2.46 bits per heavy atom. The van der Waals surface area contributed by atoms with Crippen molar-refractivity contribution in [2.24, 2.45) is 0 Å². The molecule has 0 radical (unpaired) electrons. The molecule has 2 N–H and O–H groups in total. The van der Waals surface area contributed by atoms with E-state index in [2.05, 4.69) is 26.2 Å². The summed E-state index contributed by atoms with van der Waals surface area (Å²) >= 11 is 3.34. The molecule has 0 bridgehead atoms. The van der Waals surface area contributed by atoms with E-state index in [1.54, 1.807) is 55.5 Å². The average molecular weight is 447 g/mol. The molecule has 28 heavy (non-hydrogen) atoms. The molecule has 1 aliphatic rings. The number of alkyl halides is 3. The lowest BCUT2D eigenvalue weighted by Gasteiger charge is -2.11. The normalized spacial score (nSPS) is 15.0. The van der Waals surface area contributed by atoms with Gasteiger partial charge in [0.2, 0.25) is 0 Å². The molecular weight excluding hydrogens is 433 g/mol. The van der Waals surface area contributed by atoms with Crippen molar-refractivity contribution in [1.82, 2.24) is 4.98 Å². The summed E-state index contributed by atoms with van der Waals surface area (Å²) < 4.78 is 42.7. The second-order valence-electron chi connectivity index (χ2n) is 6.48. The number of fused-ring (bicyclic) bond motifs is 1. The van der Waals surface area contributed by atoms with Crippen molar-refractivity contribution in [3.8, 4) is 11.1 Å². The lowest BCUT2D eigenvalue weighted by atomic mass is 9.98. The molecule has 1 amide bonds. The van der Waals surface area contributed by atoms with E-state index in [-0.39, 0.29) is 16.8 Å². The number of carbonyl (C=O) groups is 1. The Morgan fingerprint density at radius 1 is 1.07 bits per heavy atom. The number of aromatic amines is 1. The smallest absolute Gasteiger partial charge is 0.358 e. The zero-order valence-corrected chi connectivity index (χ0v) is 16.2. The SMILES string of the molecule is Cc1[nH]c(/C=C2\C(=O)Nc3ccc(Br)cc32)c(C(F)(F)F)c1-c1ccccc1. The summed E-state index contributed by atoms with van der Waals surface area (Å²) in [5, 5.41) is 2.68. The number of rotatable bonds is 2. The predicted octanol–water partition coefficient (Wildman–Crippen LogP) is 6.26. The van der Waals surface area contributed by atoms with Crippen LogP contribution in [0.3, 0.4) is 0 Å². The quantitative estimate of drug-likeness (QED) is 0.448. The van der Waals surface area contributed by atoms with Crippen LogP contribution in [0, 0.1) is 6.92 Å². The molecule has 1 aliphatic heterocycles. The number of aryl methyl sites for hydroxylation is 1. The molecule has 3 aromatic rings. The molecule has 0 unspecified atom stereocenters. The third-order valence-electron chi connectivity index (χ3n) is 4.62. The van der Waals surface area contributed by atoms with Gasteiger partial charge in [-0.05, 0) is 36.8 Å². The topological polar surface area (TPSA) is 44.9 Å². The summed E-state index contributed by atoms with van der Waals surface area (Å²) in [6.07, 6.45) is -3.31. The molecule has 0 atom stereocenters. The second kappa shape index (κ2) is 6.67. The van der Waals surface area contributed by atoms with Crippen molar-refractivity contribution in [3.05, 3.63) is 75.5 Å². The van der Waals surface area contributed by atoms with Crippen LogP contribution in [0.15, 0.2) is 53.0 Å². The number of hydrogen-bond donors (Lipinski definition) is 2. The Morgan fingerprint density at radius 2 is 1.79 bits per heavy atom. The maximum atomic E-state index is 14.0. The Labute approximate surface area is 167 Å². The minimum absolute atomic E-state index is 0.0906. The molecule has 0 aliphatic carbocycles. The highest BCUT2D eigenvalue weighted by Crippen LogP contribution is 2.43. The van der Waals surface area contributed by atoms with Crippen LogP contribution in [0.2, 0.25) is 0 Å². The predicted molar refractivity (Wildman–Crippen MR) is 107 cm³/mol. The number of H-pyrrole nitrogens is 1. The summed E-state index contributed by atoms with van der Waals surface area (Å²) in [6.45, 7) is 1.60. The number of benzene rings is 2. The van der Waals surface area contributed by atoms with Gasteiger partial charge in [-0.2, -0.15) is 13.2 Å². The van der Waals surface area contributed by atoms with Gasteiger partial charge in [0.05, 0.1) is 16.8 Å². The van der Waals surface area contributed by atoms with Gasteiger partial charge in [0, 0.05) is 27.0 Å². The first-order valence-corrected chi connectivity index (χ1v) is 9.23. The van der Waals surface area contributed by atoms with Gasteiger partial charge in [-0.1, -0.05) is 46.3 Å². The number of carbonyl (C=O) groups excluding carboxylic acids is 1. The van der Waals surface area contributed by atoms with Crippen molar-refractivity contribution >= 4 is 39.2 Å². The lowest BCUT2D eigenvalue weighted by molar-refractivity contribution is -0.137. The fourth-order valence-corrected chi connectivity index (χ4v) is 3.83. The van der Waals surface area contributed by atoms with Crippen molar-refractivity contribution in [3.63, 3.8) is 0 Å². The standard InChI is InChI=1S/C21H14BrF3N2O/c1-11-18(12-5-3-2-4-6-12)19(21(23,24)25)17(26-11)10-15-14-9-13(22)7-8-16(14)27-20(15)28/h2-10,26H,1H3,(H,27,28)/b15-10-. The van der Waals surface area contributed by atoms with Gasteiger partial charge in [0.25, 0.3) is 5.91 Å². The molecule has 3 nitrogen and oxygen atoms in total. The molecule has 0 saturated heterocycles. The van der Waals surface area contributed by atoms with Crippen molar-refractivity contribution in [2.45, 2.75) is 13.1 Å². The zero-order valence-electron chi connectivity index (χ0n) is 14.6. The lowest BCUT2D eigenvalue weighted by Crippen LogP contribution is -2.08. The van der Waals surface area contributed by atoms with Crippen LogP contribution < -0.4 is 5.32 Å². The zero-order chi connectivity index (χ0) is 20.1. The Balaban J connectivity index is 1.94. The number of aromatic nitrogens is 1. The monoisotopic (exact) mass is 446 g/mol. The van der Waals surface area contributed by atoms with Gasteiger partial charge in [0.1, 0.15) is 0 Å². The van der Waals surface area contributed by atoms with E-state index in [0.717, 1.165) is 4.47 Å². The van der Waals surface area contributed by atoms with Gasteiger partial charge in [0.15, 0.2) is 0 Å². The second-order valence-corrected chi connectivity index (χ2v) is 7.40. The molecule has 2 aromatic carbocycles. The first-order chi connectivity index (χ1) is 13.3. The maximum Gasteiger partial charge on any atom is 0.419 e. The molecule has 0 fully saturated rings. The summed E-state index contributed by atoms with van der Waals surface area (Å²) in [4.78, 5) is 15.2. The fraction of sp³-hybridized carbons (Fsp3) is 0.0952. The summed E-state index contributed by atoms with van der Waals surface area (Å²) in [6, 6.07) is 13.6. The number of halogens is 4. The molecular formula is C21H14BrF3N2O. The fourth-order valence-electron chi connectivity index (χ4n) is 3.47. The molecule has 0 saturated carbocycles. The largest absolute Gasteiger partial charge is 0.419 e. The summed E-state index contributed by atoms with van der Waals surface area (Å²) in [5.74, 6) is -0.435. The van der Waals surface area contributed by atoms with E-state index in [1.165, 1.54) is 6.08 Å². The van der Waals surface area contributed by atoms with Crippen molar-refractivity contribution < 1.29 is 18.0 Å². The molecule has 1 aromatic heterocycles. The molecule has 0 spiro atoms. The Kier molecular flexibility index (Phi) is 4.42. The van der Waals surface area contributed by atoms with Crippen molar-refractivity contribution in [2.75, 3.05) is 5.32 Å². The van der Waals surface area contributed by atoms with Gasteiger partial charge < -0.3 is 10.3 Å². The highest BCUT2D eigenvalue weighted by Gasteiger charge is 2.39. The third kappa shape index (κ3) is 3.16. The Hall–Kier alpha value is -2.80. The van der Waals surface area contributed by atoms with Crippen LogP contribution in [0.4, 0.5) is 18.9 Å². The van der Waals surface area contributed by atoms with Gasteiger partial charge in [-0.3, -0.25) is 4.79 Å². The van der Waals surface area contributed by atoms with Crippen molar-refractivity contribution in [1.29, 1.82) is 0 Å². The van der Waals surface area contributed by atoms with Crippen LogP contribution in [0.1, 0.15) is 22.5 Å². The van der Waals surface area contributed by atoms with E-state index in [9.17, 15) is 18.0 Å². The number of nitrogens with one attached hydrogen (secondary N) is 2.